The van der Waals surface area contributed by atoms with Gasteiger partial charge in [-0.1, -0.05) is 425 Å². The van der Waals surface area contributed by atoms with Crippen LogP contribution in [0, 0.1) is 17.3 Å². The molecule has 11 N–H and O–H groups in total. The summed E-state index contributed by atoms with van der Waals surface area (Å²) in [6.07, 6.45) is 71.2. The minimum absolute atomic E-state index is 0.525. The number of hydrogen-bond donors (Lipinski definition) is 11. The quantitative estimate of drug-likeness (QED) is 0.0221. The minimum Gasteiger partial charge on any atom is -0.315 e. The Morgan fingerprint density at radius 2 is 0.674 bits per heavy atom. The van der Waals surface area contributed by atoms with E-state index < -0.39 is 0 Å². The summed E-state index contributed by atoms with van der Waals surface area (Å²) in [6, 6.07) is 14.3. The number of allylic oxidation sites excluding steroid dienone is 1. The van der Waals surface area contributed by atoms with Crippen LogP contribution >= 0.6 is 0 Å². The number of nitrogens with zero attached hydrogens (tertiary/aromatic N) is 6. The van der Waals surface area contributed by atoms with Gasteiger partial charge in [-0.25, -0.2) is 0 Å². The van der Waals surface area contributed by atoms with Crippen molar-refractivity contribution in [2.45, 2.75) is 595 Å². The third kappa shape index (κ3) is 125. The third-order valence-corrected chi connectivity index (χ3v) is 26.5. The zero-order chi connectivity index (χ0) is 106. The van der Waals surface area contributed by atoms with Crippen molar-refractivity contribution in [1.82, 2.24) is 88.0 Å². The lowest BCUT2D eigenvalue weighted by Crippen LogP contribution is -2.48. The van der Waals surface area contributed by atoms with Crippen LogP contribution < -0.4 is 58.5 Å². The molecule has 17 nitrogen and oxygen atoms in total. The van der Waals surface area contributed by atoms with Gasteiger partial charge in [0.05, 0.1) is 5.69 Å². The van der Waals surface area contributed by atoms with Gasteiger partial charge in [0.2, 0.25) is 0 Å². The molecule has 17 heteroatoms. The molecule has 1 aromatic rings. The van der Waals surface area contributed by atoms with Gasteiger partial charge in [0.15, 0.2) is 0 Å². The number of nitrogens with one attached hydrogen (secondary N) is 11. The Morgan fingerprint density at radius 1 is 0.340 bits per heavy atom. The number of aromatic nitrogens is 1. The van der Waals surface area contributed by atoms with Crippen LogP contribution in [-0.4, -0.2) is 260 Å². The molecular weight excluding hydrogens is 1730 g/mol. The van der Waals surface area contributed by atoms with Gasteiger partial charge in [-0.15, -0.1) is 0 Å². The summed E-state index contributed by atoms with van der Waals surface area (Å²) >= 11 is 0. The van der Waals surface area contributed by atoms with Crippen LogP contribution in [0.15, 0.2) is 36.5 Å². The second-order valence-corrected chi connectivity index (χ2v) is 47.3. The van der Waals surface area contributed by atoms with Gasteiger partial charge in [-0.2, -0.15) is 0 Å². The molecule has 848 valence electrons. The van der Waals surface area contributed by atoms with E-state index in [1.54, 1.807) is 0 Å². The van der Waals surface area contributed by atoms with E-state index in [0.717, 1.165) is 75.9 Å². The first-order valence-corrected chi connectivity index (χ1v) is 61.6. The molecule has 5 saturated heterocycles. The summed E-state index contributed by atoms with van der Waals surface area (Å²) in [5.74, 6) is 2.06. The van der Waals surface area contributed by atoms with Gasteiger partial charge < -0.3 is 83.0 Å². The number of rotatable bonds is 61. The summed E-state index contributed by atoms with van der Waals surface area (Å²) in [7, 11) is 4.17. The lowest BCUT2D eigenvalue weighted by atomic mass is 9.72. The van der Waals surface area contributed by atoms with E-state index in [1.165, 1.54) is 387 Å². The molecule has 0 aromatic carbocycles. The second-order valence-electron chi connectivity index (χ2n) is 47.3. The van der Waals surface area contributed by atoms with E-state index >= 15 is 0 Å². The van der Waals surface area contributed by atoms with Crippen molar-refractivity contribution in [3.05, 3.63) is 42.2 Å². The molecule has 0 spiro atoms. The van der Waals surface area contributed by atoms with Crippen LogP contribution in [0.4, 0.5) is 0 Å². The van der Waals surface area contributed by atoms with E-state index in [-0.39, 0.29) is 0 Å². The Hall–Kier alpha value is -1.75. The SMILES string of the molecule is CC(C)(C)CC1CN2CCC1CC2.CC(C)NC1C=CCCC1.CC(C)NC1CCCCCCC1.CC(C)NCCN(C)C.CC(C)NCCN1CCCCC1.CC(C)NCCN1CCCCC1.CC(C)NCc1ccccn1.CCCCCCCCCCCCNC(C)C.CCCCCCCCCNC(C)C.CCCCCCCCNC(C)C.CCCCCCNC(C)C.CCN(CC)CCNC(C)C. The molecule has 0 radical (unpaired) electrons. The van der Waals surface area contributed by atoms with Crippen LogP contribution in [0.2, 0.25) is 0 Å². The van der Waals surface area contributed by atoms with Gasteiger partial charge in [-0.3, -0.25) is 4.98 Å². The van der Waals surface area contributed by atoms with E-state index in [2.05, 4.69) is 329 Å². The summed E-state index contributed by atoms with van der Waals surface area (Å²) in [4.78, 5) is 16.6. The molecule has 2 bridgehead atoms. The van der Waals surface area contributed by atoms with Crippen LogP contribution in [0.25, 0.3) is 0 Å². The number of likely N-dealkylation sites (N-methyl/N-ethyl adjacent to an activating group) is 2. The number of pyridine rings is 1. The zero-order valence-corrected chi connectivity index (χ0v) is 102. The van der Waals surface area contributed by atoms with Crippen LogP contribution in [0.5, 0.6) is 0 Å². The summed E-state index contributed by atoms with van der Waals surface area (Å²) in [5.41, 5.74) is 1.63. The Balaban J connectivity index is -0.000000478. The van der Waals surface area contributed by atoms with Crippen LogP contribution in [0.3, 0.4) is 0 Å². The van der Waals surface area contributed by atoms with Crippen molar-refractivity contribution in [3.8, 4) is 0 Å². The average molecular weight is 2000 g/mol. The van der Waals surface area contributed by atoms with Crippen LogP contribution in [0.1, 0.15) is 516 Å². The van der Waals surface area contributed by atoms with E-state index in [1.807, 2.05) is 24.4 Å². The molecule has 8 rings (SSSR count). The number of hydrogen-bond acceptors (Lipinski definition) is 17. The first-order valence-electron chi connectivity index (χ1n) is 61.6. The summed E-state index contributed by atoms with van der Waals surface area (Å²) < 4.78 is 0. The lowest BCUT2D eigenvalue weighted by Gasteiger charge is -2.46. The maximum atomic E-state index is 4.19. The Labute approximate surface area is 888 Å². The van der Waals surface area contributed by atoms with Gasteiger partial charge in [0, 0.05) is 150 Å². The van der Waals surface area contributed by atoms with E-state index in [0.29, 0.717) is 77.9 Å². The second kappa shape index (κ2) is 111. The molecule has 2 aliphatic carbocycles. The van der Waals surface area contributed by atoms with Crippen molar-refractivity contribution in [1.29, 1.82) is 0 Å². The molecular formula is C124H267N17. The number of piperidine rings is 5. The van der Waals surface area contributed by atoms with Crippen molar-refractivity contribution >= 4 is 0 Å². The lowest BCUT2D eigenvalue weighted by molar-refractivity contribution is 0.0300. The molecule has 7 aliphatic rings. The largest absolute Gasteiger partial charge is 0.315 e. The monoisotopic (exact) mass is 2000 g/mol. The topological polar surface area (TPSA) is 161 Å². The Kier molecular flexibility index (Phi) is 116. The Morgan fingerprint density at radius 3 is 0.979 bits per heavy atom. The fraction of sp³-hybridized carbons (Fsp3) is 0.944. The number of likely N-dealkylation sites (tertiary alicyclic amines) is 2. The van der Waals surface area contributed by atoms with Gasteiger partial charge in [0.1, 0.15) is 0 Å². The van der Waals surface area contributed by atoms with Gasteiger partial charge in [0.25, 0.3) is 0 Å². The van der Waals surface area contributed by atoms with Crippen LogP contribution in [-0.2, 0) is 6.54 Å². The summed E-state index contributed by atoms with van der Waals surface area (Å²) in [6.45, 7) is 95.6. The maximum absolute atomic E-state index is 4.19. The highest BCUT2D eigenvalue weighted by Gasteiger charge is 2.36. The predicted octanol–water partition coefficient (Wildman–Crippen LogP) is 28.9. The average Bonchev–Trinajstić information content (AvgIpc) is 0.815. The molecule has 6 fully saturated rings. The maximum Gasteiger partial charge on any atom is 0.0541 e. The third-order valence-electron chi connectivity index (χ3n) is 26.5. The molecule has 0 amide bonds. The molecule has 1 aromatic heterocycles. The standard InChI is InChI=1S/C15H33N.C12H23N.C12H27N.C11H23N.C11H25N.2C10H22N2.C9H14N2.C9H22N2.C9H17N.C9H21N.C7H18N2/c1-4-5-6-7-8-9-10-11-12-13-14-16-15(2)3;1-12(2,3)8-11-9-13-6-4-10(11)5-7-13;1-4-5-6-7-8-9-10-11-13-12(2)3;1-10(2)12-11-8-6-4-3-5-7-9-11;1-4-5-6-7-8-9-10-12-11(2)3;2*1-10(2)11-6-9-12-7-4-3-5-8-12;1-8(2)11-7-9-5-3-4-6-10-9;1-5-11(6-2)8-7-10-9(3)4;1-8(2)10-9-6-4-3-5-7-9;1-4-5-6-7-8-10-9(2)3;1-7(2)8-5-6-9(3)4/h15-16H,4-14H2,1-3H3;10-11H,4-9H2,1-3H3;12-13H,4-11H2,1-3H3;10-12H,3-9H2,1-2H3;11-12H,4-10H2,1-3H3;2*10-11H,3-9H2,1-2H3;3-6,8,11H,7H2,1-2H3;9-10H,5-8H2,1-4H3;4,6,8-10H,3,5,7H2,1-2H3;9-10H,4-8H2,1-3H3;7-8H,5-6H2,1-4H3. The molecule has 1 saturated carbocycles. The fourth-order valence-corrected chi connectivity index (χ4v) is 18.1. The van der Waals surface area contributed by atoms with Gasteiger partial charge >= 0.3 is 0 Å². The van der Waals surface area contributed by atoms with E-state index in [9.17, 15) is 0 Å². The molecule has 2 unspecified atom stereocenters. The summed E-state index contributed by atoms with van der Waals surface area (Å²) in [5, 5.41) is 37.8. The van der Waals surface area contributed by atoms with Crippen molar-refractivity contribution in [2.24, 2.45) is 17.3 Å². The molecule has 5 aliphatic heterocycles. The first kappa shape index (κ1) is 148. The number of fused-ring (bicyclic) bond motifs is 3. The smallest absolute Gasteiger partial charge is 0.0541 e. The highest BCUT2D eigenvalue weighted by atomic mass is 15.2. The normalized spacial score (nSPS) is 17.2. The van der Waals surface area contributed by atoms with Crippen molar-refractivity contribution in [2.75, 3.05) is 152 Å². The van der Waals surface area contributed by atoms with Crippen molar-refractivity contribution < 1.29 is 0 Å². The van der Waals surface area contributed by atoms with E-state index in [4.69, 9.17) is 0 Å². The minimum atomic E-state index is 0.525. The Bertz CT molecular complexity index is 2440. The molecule has 141 heavy (non-hydrogen) atoms. The van der Waals surface area contributed by atoms with Crippen molar-refractivity contribution in [3.63, 3.8) is 0 Å². The number of unbranched alkanes of at least 4 members (excludes halogenated alkanes) is 23. The zero-order valence-electron chi connectivity index (χ0n) is 102. The van der Waals surface area contributed by atoms with Gasteiger partial charge in [-0.05, 0) is 225 Å². The highest BCUT2D eigenvalue weighted by Crippen LogP contribution is 2.39. The molecule has 2 atom stereocenters. The fourth-order valence-electron chi connectivity index (χ4n) is 18.1. The molecule has 6 heterocycles. The first-order chi connectivity index (χ1) is 67.4. The predicted molar refractivity (Wildman–Crippen MR) is 642 cm³/mol. The highest BCUT2D eigenvalue weighted by molar-refractivity contribution is 5.03.